The summed E-state index contributed by atoms with van der Waals surface area (Å²) in [6, 6.07) is 7.19. The molecule has 0 aromatic heterocycles. The summed E-state index contributed by atoms with van der Waals surface area (Å²) in [5.41, 5.74) is -0.383. The Kier molecular flexibility index (Phi) is 2.76. The molecule has 0 saturated heterocycles. The van der Waals surface area contributed by atoms with Gasteiger partial charge in [-0.15, -0.1) is 0 Å². The molecule has 2 heteroatoms. The van der Waals surface area contributed by atoms with E-state index in [1.54, 1.807) is 12.1 Å². The monoisotopic (exact) mass is 226 g/mol. The zero-order valence-electron chi connectivity index (χ0n) is 9.13. The minimum atomic E-state index is -1.13. The molecule has 0 radical (unpaired) electrons. The van der Waals surface area contributed by atoms with Crippen molar-refractivity contribution in [1.82, 2.24) is 0 Å². The van der Waals surface area contributed by atoms with E-state index in [0.717, 1.165) is 5.56 Å². The van der Waals surface area contributed by atoms with Crippen molar-refractivity contribution >= 4 is 11.6 Å². The largest absolute Gasteiger partial charge is 0.239 e. The van der Waals surface area contributed by atoms with Crippen LogP contribution in [-0.2, 0) is 5.67 Å². The summed E-state index contributed by atoms with van der Waals surface area (Å²) in [7, 11) is 0. The van der Waals surface area contributed by atoms with Crippen LogP contribution in [0.2, 0.25) is 5.02 Å². The third-order valence-electron chi connectivity index (χ3n) is 3.46. The number of hydrogen-bond acceptors (Lipinski definition) is 0. The summed E-state index contributed by atoms with van der Waals surface area (Å²) in [6.07, 6.45) is 1.29. The maximum absolute atomic E-state index is 14.4. The molecule has 0 aliphatic heterocycles. The first kappa shape index (κ1) is 10.9. The molecule has 1 fully saturated rings. The van der Waals surface area contributed by atoms with E-state index in [1.807, 2.05) is 12.1 Å². The van der Waals surface area contributed by atoms with Crippen LogP contribution in [0.25, 0.3) is 0 Å². The van der Waals surface area contributed by atoms with Crippen molar-refractivity contribution in [1.29, 1.82) is 0 Å². The highest BCUT2D eigenvalue weighted by Crippen LogP contribution is 2.51. The number of halogens is 2. The molecular formula is C13H16ClF. The summed E-state index contributed by atoms with van der Waals surface area (Å²) in [5.74, 6) is 1.10. The van der Waals surface area contributed by atoms with Crippen molar-refractivity contribution in [3.63, 3.8) is 0 Å². The highest BCUT2D eigenvalue weighted by atomic mass is 35.5. The van der Waals surface area contributed by atoms with Crippen molar-refractivity contribution in [3.05, 3.63) is 34.9 Å². The van der Waals surface area contributed by atoms with Gasteiger partial charge in [-0.2, -0.15) is 0 Å². The molecule has 1 aliphatic carbocycles. The van der Waals surface area contributed by atoms with E-state index in [2.05, 4.69) is 13.8 Å². The van der Waals surface area contributed by atoms with E-state index in [9.17, 15) is 4.39 Å². The molecule has 1 aromatic rings. The smallest absolute Gasteiger partial charge is 0.136 e. The van der Waals surface area contributed by atoms with Gasteiger partial charge < -0.3 is 0 Å². The molecule has 0 amide bonds. The Morgan fingerprint density at radius 2 is 2.07 bits per heavy atom. The fourth-order valence-corrected chi connectivity index (χ4v) is 2.44. The lowest BCUT2D eigenvalue weighted by Crippen LogP contribution is -2.39. The van der Waals surface area contributed by atoms with Gasteiger partial charge in [0.2, 0.25) is 0 Å². The molecule has 0 nitrogen and oxygen atoms in total. The van der Waals surface area contributed by atoms with Crippen LogP contribution in [0.15, 0.2) is 24.3 Å². The van der Waals surface area contributed by atoms with Gasteiger partial charge >= 0.3 is 0 Å². The van der Waals surface area contributed by atoms with Gasteiger partial charge in [0.1, 0.15) is 5.67 Å². The molecule has 0 atom stereocenters. The zero-order chi connectivity index (χ0) is 11.1. The van der Waals surface area contributed by atoms with E-state index < -0.39 is 5.67 Å². The average Bonchev–Trinajstić information content (AvgIpc) is 2.12. The fraction of sp³-hybridized carbons (Fsp3) is 0.538. The summed E-state index contributed by atoms with van der Waals surface area (Å²) in [5, 5.41) is 0.623. The number of rotatable bonds is 2. The van der Waals surface area contributed by atoms with E-state index in [4.69, 9.17) is 11.6 Å². The molecular weight excluding hydrogens is 211 g/mol. The van der Waals surface area contributed by atoms with E-state index >= 15 is 0 Å². The zero-order valence-corrected chi connectivity index (χ0v) is 9.89. The van der Waals surface area contributed by atoms with E-state index in [0.29, 0.717) is 29.7 Å². The van der Waals surface area contributed by atoms with Gasteiger partial charge in [0, 0.05) is 5.02 Å². The first-order chi connectivity index (χ1) is 7.01. The molecule has 15 heavy (non-hydrogen) atoms. The number of hydrogen-bond donors (Lipinski definition) is 0. The van der Waals surface area contributed by atoms with Crippen LogP contribution in [0.5, 0.6) is 0 Å². The molecule has 0 bridgehead atoms. The molecule has 1 aromatic carbocycles. The van der Waals surface area contributed by atoms with Crippen LogP contribution in [0.3, 0.4) is 0 Å². The third kappa shape index (κ3) is 2.03. The summed E-state index contributed by atoms with van der Waals surface area (Å²) >= 11 is 5.86. The quantitative estimate of drug-likeness (QED) is 0.693. The molecule has 1 aliphatic rings. The van der Waals surface area contributed by atoms with Crippen LogP contribution in [0, 0.1) is 11.8 Å². The lowest BCUT2D eigenvalue weighted by atomic mass is 9.65. The lowest BCUT2D eigenvalue weighted by molar-refractivity contribution is -0.0183. The summed E-state index contributed by atoms with van der Waals surface area (Å²) < 4.78 is 14.4. The second kappa shape index (κ2) is 3.79. The first-order valence-corrected chi connectivity index (χ1v) is 5.84. The minimum Gasteiger partial charge on any atom is -0.239 e. The molecule has 1 saturated carbocycles. The Hall–Kier alpha value is -0.560. The van der Waals surface area contributed by atoms with E-state index in [1.165, 1.54) is 0 Å². The molecule has 0 heterocycles. The Morgan fingerprint density at radius 1 is 1.40 bits per heavy atom. The van der Waals surface area contributed by atoms with Crippen molar-refractivity contribution < 1.29 is 4.39 Å². The molecule has 0 N–H and O–H groups in total. The fourth-order valence-electron chi connectivity index (χ4n) is 2.25. The number of benzene rings is 1. The Morgan fingerprint density at radius 3 is 2.60 bits per heavy atom. The maximum atomic E-state index is 14.4. The topological polar surface area (TPSA) is 0 Å². The standard InChI is InChI=1S/C13H16ClF/c1-9(2)10-7-13(15,8-10)11-4-3-5-12(14)6-11/h3-6,9-10H,7-8H2,1-2H3. The lowest BCUT2D eigenvalue weighted by Gasteiger charge is -2.44. The molecule has 82 valence electrons. The second-order valence-corrected chi connectivity index (χ2v) is 5.32. The van der Waals surface area contributed by atoms with Crippen LogP contribution in [0.1, 0.15) is 32.3 Å². The predicted octanol–water partition coefficient (Wildman–Crippen LogP) is 4.57. The summed E-state index contributed by atoms with van der Waals surface area (Å²) in [6.45, 7) is 4.31. The maximum Gasteiger partial charge on any atom is 0.136 e. The van der Waals surface area contributed by atoms with Crippen molar-refractivity contribution in [2.45, 2.75) is 32.4 Å². The first-order valence-electron chi connectivity index (χ1n) is 5.46. The Balaban J connectivity index is 2.13. The van der Waals surface area contributed by atoms with Gasteiger partial charge in [-0.05, 0) is 42.4 Å². The normalized spacial score (nSPS) is 30.3. The third-order valence-corrected chi connectivity index (χ3v) is 3.69. The Labute approximate surface area is 95.4 Å². The van der Waals surface area contributed by atoms with Gasteiger partial charge in [0.15, 0.2) is 0 Å². The highest BCUT2D eigenvalue weighted by Gasteiger charge is 2.46. The Bertz CT molecular complexity index is 353. The van der Waals surface area contributed by atoms with Crippen molar-refractivity contribution in [3.8, 4) is 0 Å². The van der Waals surface area contributed by atoms with Crippen molar-refractivity contribution in [2.75, 3.05) is 0 Å². The van der Waals surface area contributed by atoms with Crippen LogP contribution < -0.4 is 0 Å². The van der Waals surface area contributed by atoms with Gasteiger partial charge in [-0.25, -0.2) is 4.39 Å². The molecule has 0 unspecified atom stereocenters. The summed E-state index contributed by atoms with van der Waals surface area (Å²) in [4.78, 5) is 0. The SMILES string of the molecule is CC(C)C1CC(F)(c2cccc(Cl)c2)C1. The molecule has 0 spiro atoms. The van der Waals surface area contributed by atoms with Crippen LogP contribution >= 0.6 is 11.6 Å². The van der Waals surface area contributed by atoms with Gasteiger partial charge in [-0.3, -0.25) is 0 Å². The van der Waals surface area contributed by atoms with Crippen molar-refractivity contribution in [2.24, 2.45) is 11.8 Å². The average molecular weight is 227 g/mol. The van der Waals surface area contributed by atoms with Gasteiger partial charge in [0.05, 0.1) is 0 Å². The second-order valence-electron chi connectivity index (χ2n) is 4.89. The van der Waals surface area contributed by atoms with Crippen LogP contribution in [0.4, 0.5) is 4.39 Å². The number of alkyl halides is 1. The van der Waals surface area contributed by atoms with Gasteiger partial charge in [0.25, 0.3) is 0 Å². The van der Waals surface area contributed by atoms with E-state index in [-0.39, 0.29) is 0 Å². The van der Waals surface area contributed by atoms with Gasteiger partial charge in [-0.1, -0.05) is 37.6 Å². The molecule has 2 rings (SSSR count). The highest BCUT2D eigenvalue weighted by molar-refractivity contribution is 6.30. The van der Waals surface area contributed by atoms with Crippen LogP contribution in [-0.4, -0.2) is 0 Å². The predicted molar refractivity (Wildman–Crippen MR) is 61.8 cm³/mol. The minimum absolute atomic E-state index is 0.522.